The molecule has 0 aliphatic carbocycles. The Balaban J connectivity index is 1.55. The summed E-state index contributed by atoms with van der Waals surface area (Å²) in [6.07, 6.45) is 4.14. The lowest BCUT2D eigenvalue weighted by atomic mass is 9.94. The van der Waals surface area contributed by atoms with Gasteiger partial charge in [-0.15, -0.1) is 0 Å². The Bertz CT molecular complexity index is 831. The van der Waals surface area contributed by atoms with Gasteiger partial charge in [-0.3, -0.25) is 4.79 Å². The van der Waals surface area contributed by atoms with E-state index >= 15 is 0 Å². The van der Waals surface area contributed by atoms with E-state index in [9.17, 15) is 4.79 Å². The van der Waals surface area contributed by atoms with Crippen molar-refractivity contribution in [3.05, 3.63) is 77.4 Å². The third kappa shape index (κ3) is 6.28. The first-order valence-corrected chi connectivity index (χ1v) is 11.0. The third-order valence-corrected chi connectivity index (χ3v) is 5.60. The number of likely N-dealkylation sites (tertiary alicyclic amines) is 1. The first-order chi connectivity index (χ1) is 14.7. The molecule has 0 spiro atoms. The molecule has 1 unspecified atom stereocenters. The highest BCUT2D eigenvalue weighted by Crippen LogP contribution is 2.26. The molecule has 3 rings (SSSR count). The average Bonchev–Trinajstić information content (AvgIpc) is 2.78. The van der Waals surface area contributed by atoms with Crippen LogP contribution in [-0.4, -0.2) is 50.3 Å². The van der Waals surface area contributed by atoms with E-state index in [4.69, 9.17) is 9.47 Å². The van der Waals surface area contributed by atoms with Gasteiger partial charge in [-0.2, -0.15) is 0 Å². The lowest BCUT2D eigenvalue weighted by molar-refractivity contribution is -0.150. The van der Waals surface area contributed by atoms with E-state index in [1.807, 2.05) is 13.0 Å². The monoisotopic (exact) mass is 407 g/mol. The fraction of sp³-hybridized carbons (Fsp3) is 0.423. The standard InChI is InChI=1S/C26H33NO3/c1-3-30-26(28)23-13-9-16-27(20-23)17-19-29-18-15-25(22-11-5-4-6-12-22)24-14-8-7-10-21(24)2/h4-8,10-12,14-15,23H,3,9,13,16-20H2,1-2H3. The smallest absolute Gasteiger partial charge is 0.310 e. The Labute approximate surface area is 180 Å². The molecule has 4 heteroatoms. The summed E-state index contributed by atoms with van der Waals surface area (Å²) >= 11 is 0. The Hall–Kier alpha value is -2.43. The molecule has 0 amide bonds. The number of aryl methyl sites for hydroxylation is 1. The van der Waals surface area contributed by atoms with E-state index < -0.39 is 0 Å². The van der Waals surface area contributed by atoms with Gasteiger partial charge in [0.25, 0.3) is 0 Å². The lowest BCUT2D eigenvalue weighted by Crippen LogP contribution is -2.40. The van der Waals surface area contributed by atoms with E-state index in [-0.39, 0.29) is 11.9 Å². The minimum atomic E-state index is -0.0585. The molecule has 0 radical (unpaired) electrons. The Morgan fingerprint density at radius 3 is 2.67 bits per heavy atom. The highest BCUT2D eigenvalue weighted by Gasteiger charge is 2.26. The number of benzene rings is 2. The number of rotatable bonds is 9. The number of carbonyl (C=O) groups is 1. The molecule has 1 heterocycles. The van der Waals surface area contributed by atoms with E-state index in [0.717, 1.165) is 32.5 Å². The number of nitrogens with zero attached hydrogens (tertiary/aromatic N) is 1. The predicted molar refractivity (Wildman–Crippen MR) is 121 cm³/mol. The predicted octanol–water partition coefficient (Wildman–Crippen LogP) is 4.72. The van der Waals surface area contributed by atoms with Crippen LogP contribution in [0.1, 0.15) is 36.5 Å². The molecule has 2 aromatic rings. The number of hydrogen-bond acceptors (Lipinski definition) is 4. The molecule has 1 atom stereocenters. The number of esters is 1. The first-order valence-electron chi connectivity index (χ1n) is 11.0. The molecule has 0 saturated carbocycles. The maximum absolute atomic E-state index is 12.0. The Morgan fingerprint density at radius 2 is 1.90 bits per heavy atom. The Morgan fingerprint density at radius 1 is 1.13 bits per heavy atom. The average molecular weight is 408 g/mol. The number of ether oxygens (including phenoxy) is 2. The van der Waals surface area contributed by atoms with Crippen molar-refractivity contribution in [3.63, 3.8) is 0 Å². The fourth-order valence-corrected chi connectivity index (χ4v) is 4.01. The minimum absolute atomic E-state index is 0.00401. The van der Waals surface area contributed by atoms with Crippen molar-refractivity contribution >= 4 is 11.5 Å². The lowest BCUT2D eigenvalue weighted by Gasteiger charge is -2.31. The summed E-state index contributed by atoms with van der Waals surface area (Å²) in [6.45, 7) is 8.31. The molecule has 1 aliphatic rings. The fourth-order valence-electron chi connectivity index (χ4n) is 4.01. The zero-order valence-electron chi connectivity index (χ0n) is 18.2. The van der Waals surface area contributed by atoms with Crippen LogP contribution in [0.15, 0.2) is 60.7 Å². The third-order valence-electron chi connectivity index (χ3n) is 5.60. The van der Waals surface area contributed by atoms with Crippen LogP contribution < -0.4 is 0 Å². The van der Waals surface area contributed by atoms with Crippen molar-refractivity contribution < 1.29 is 14.3 Å². The van der Waals surface area contributed by atoms with Gasteiger partial charge in [-0.1, -0.05) is 60.7 Å². The van der Waals surface area contributed by atoms with Crippen LogP contribution in [-0.2, 0) is 14.3 Å². The van der Waals surface area contributed by atoms with Crippen LogP contribution in [0.2, 0.25) is 0 Å². The van der Waals surface area contributed by atoms with Gasteiger partial charge in [0.15, 0.2) is 0 Å². The molecule has 0 aromatic heterocycles. The molecule has 1 saturated heterocycles. The summed E-state index contributed by atoms with van der Waals surface area (Å²) < 4.78 is 11.1. The van der Waals surface area contributed by atoms with Gasteiger partial charge in [-0.05, 0) is 55.5 Å². The van der Waals surface area contributed by atoms with Gasteiger partial charge in [0.05, 0.1) is 25.7 Å². The highest BCUT2D eigenvalue weighted by molar-refractivity contribution is 5.81. The van der Waals surface area contributed by atoms with Crippen LogP contribution in [0.25, 0.3) is 5.57 Å². The van der Waals surface area contributed by atoms with Gasteiger partial charge in [-0.25, -0.2) is 0 Å². The topological polar surface area (TPSA) is 38.8 Å². The molecule has 1 aliphatic heterocycles. The molecule has 1 fully saturated rings. The van der Waals surface area contributed by atoms with Crippen molar-refractivity contribution in [1.82, 2.24) is 4.90 Å². The maximum Gasteiger partial charge on any atom is 0.310 e. The van der Waals surface area contributed by atoms with Crippen molar-refractivity contribution in [1.29, 1.82) is 0 Å². The summed E-state index contributed by atoms with van der Waals surface area (Å²) in [5.74, 6) is -0.0545. The molecule has 30 heavy (non-hydrogen) atoms. The molecule has 160 valence electrons. The van der Waals surface area contributed by atoms with Gasteiger partial charge in [0.1, 0.15) is 0 Å². The molecular weight excluding hydrogens is 374 g/mol. The summed E-state index contributed by atoms with van der Waals surface area (Å²) in [4.78, 5) is 14.3. The second kappa shape index (κ2) is 11.7. The van der Waals surface area contributed by atoms with Crippen LogP contribution in [0.4, 0.5) is 0 Å². The minimum Gasteiger partial charge on any atom is -0.466 e. The molecule has 4 nitrogen and oxygen atoms in total. The second-order valence-corrected chi connectivity index (χ2v) is 7.77. The van der Waals surface area contributed by atoms with E-state index in [2.05, 4.69) is 66.4 Å². The zero-order valence-corrected chi connectivity index (χ0v) is 18.2. The summed E-state index contributed by atoms with van der Waals surface area (Å²) in [6, 6.07) is 18.9. The number of hydrogen-bond donors (Lipinski definition) is 0. The summed E-state index contributed by atoms with van der Waals surface area (Å²) in [7, 11) is 0. The molecule has 0 bridgehead atoms. The van der Waals surface area contributed by atoms with Gasteiger partial charge in [0, 0.05) is 13.1 Å². The second-order valence-electron chi connectivity index (χ2n) is 7.77. The van der Waals surface area contributed by atoms with Crippen molar-refractivity contribution in [3.8, 4) is 0 Å². The van der Waals surface area contributed by atoms with Crippen LogP contribution in [0, 0.1) is 12.8 Å². The van der Waals surface area contributed by atoms with Gasteiger partial charge >= 0.3 is 5.97 Å². The van der Waals surface area contributed by atoms with E-state index in [0.29, 0.717) is 19.8 Å². The van der Waals surface area contributed by atoms with Crippen molar-refractivity contribution in [2.45, 2.75) is 26.7 Å². The summed E-state index contributed by atoms with van der Waals surface area (Å²) in [5.41, 5.74) is 4.89. The zero-order chi connectivity index (χ0) is 21.2. The SMILES string of the molecule is CCOC(=O)C1CCCN(CCOCC=C(c2ccccc2)c2ccccc2C)C1. The number of piperidine rings is 1. The van der Waals surface area contributed by atoms with Gasteiger partial charge < -0.3 is 14.4 Å². The van der Waals surface area contributed by atoms with E-state index in [1.54, 1.807) is 0 Å². The van der Waals surface area contributed by atoms with Crippen LogP contribution in [0.5, 0.6) is 0 Å². The van der Waals surface area contributed by atoms with E-state index in [1.165, 1.54) is 22.3 Å². The highest BCUT2D eigenvalue weighted by atomic mass is 16.5. The molecular formula is C26H33NO3. The van der Waals surface area contributed by atoms with Gasteiger partial charge in [0.2, 0.25) is 0 Å². The normalized spacial score (nSPS) is 17.7. The molecule has 2 aromatic carbocycles. The maximum atomic E-state index is 12.0. The van der Waals surface area contributed by atoms with Crippen molar-refractivity contribution in [2.75, 3.05) is 39.5 Å². The largest absolute Gasteiger partial charge is 0.466 e. The number of carbonyl (C=O) groups excluding carboxylic acids is 1. The Kier molecular flexibility index (Phi) is 8.66. The van der Waals surface area contributed by atoms with Crippen LogP contribution >= 0.6 is 0 Å². The first kappa shape index (κ1) is 22.3. The molecule has 0 N–H and O–H groups in total. The quantitative estimate of drug-likeness (QED) is 0.445. The van der Waals surface area contributed by atoms with Crippen molar-refractivity contribution in [2.24, 2.45) is 5.92 Å². The summed E-state index contributed by atoms with van der Waals surface area (Å²) in [5, 5.41) is 0. The van der Waals surface area contributed by atoms with Crippen LogP contribution in [0.3, 0.4) is 0 Å².